The molecule has 2 aromatic heterocycles. The zero-order valence-electron chi connectivity index (χ0n) is 18.9. The number of rotatable bonds is 6. The van der Waals surface area contributed by atoms with Crippen molar-refractivity contribution in [3.63, 3.8) is 0 Å². The summed E-state index contributed by atoms with van der Waals surface area (Å²) in [6.45, 7) is 5.57. The highest BCUT2D eigenvalue weighted by Crippen LogP contribution is 2.32. The molecule has 35 heavy (non-hydrogen) atoms. The lowest BCUT2D eigenvalue weighted by molar-refractivity contribution is -0.137. The minimum atomic E-state index is -4.43. The van der Waals surface area contributed by atoms with Crippen LogP contribution in [0.1, 0.15) is 30.3 Å². The summed E-state index contributed by atoms with van der Waals surface area (Å²) in [6.07, 6.45) is -4.43. The molecule has 0 bridgehead atoms. The minimum Gasteiger partial charge on any atom is -0.419 e. The molecule has 0 radical (unpaired) electrons. The second kappa shape index (κ2) is 9.59. The Morgan fingerprint density at radius 2 is 1.69 bits per heavy atom. The van der Waals surface area contributed by atoms with Gasteiger partial charge in [0.1, 0.15) is 0 Å². The van der Waals surface area contributed by atoms with Gasteiger partial charge in [-0.2, -0.15) is 18.2 Å². The fourth-order valence-electron chi connectivity index (χ4n) is 4.03. The summed E-state index contributed by atoms with van der Waals surface area (Å²) in [4.78, 5) is 8.79. The topological polar surface area (TPSA) is 84.3 Å². The van der Waals surface area contributed by atoms with Crippen molar-refractivity contribution >= 4 is 0 Å². The zero-order chi connectivity index (χ0) is 24.4. The molecule has 3 heterocycles. The van der Waals surface area contributed by atoms with Gasteiger partial charge in [0.15, 0.2) is 0 Å². The Morgan fingerprint density at radius 3 is 2.43 bits per heavy atom. The first-order valence-electron chi connectivity index (χ1n) is 11.2. The van der Waals surface area contributed by atoms with E-state index in [-0.39, 0.29) is 17.4 Å². The van der Waals surface area contributed by atoms with Crippen LogP contribution < -0.4 is 0 Å². The summed E-state index contributed by atoms with van der Waals surface area (Å²) in [7, 11) is 0. The van der Waals surface area contributed by atoms with Crippen molar-refractivity contribution in [2.24, 2.45) is 0 Å². The van der Waals surface area contributed by atoms with E-state index in [0.717, 1.165) is 43.9 Å². The molecule has 1 aliphatic rings. The Bertz CT molecular complexity index is 1270. The molecule has 0 saturated carbocycles. The minimum absolute atomic E-state index is 0.141. The number of hydrogen-bond acceptors (Lipinski definition) is 8. The van der Waals surface area contributed by atoms with Crippen LogP contribution >= 0.6 is 0 Å². The predicted molar refractivity (Wildman–Crippen MR) is 120 cm³/mol. The Morgan fingerprint density at radius 1 is 0.943 bits per heavy atom. The van der Waals surface area contributed by atoms with E-state index in [1.165, 1.54) is 12.1 Å². The number of hydrogen-bond donors (Lipinski definition) is 0. The van der Waals surface area contributed by atoms with Crippen molar-refractivity contribution in [3.8, 4) is 22.8 Å². The number of nitrogens with zero attached hydrogens (tertiary/aromatic N) is 6. The van der Waals surface area contributed by atoms with E-state index in [2.05, 4.69) is 30.1 Å². The molecule has 0 N–H and O–H groups in total. The van der Waals surface area contributed by atoms with Crippen molar-refractivity contribution in [2.75, 3.05) is 26.2 Å². The standard InChI is InChI=1S/C24H23F3N6O2/c1-16(22-28-21(31-35-22)18-8-5-9-19(14-18)24(25,26)27)33-12-10-32(11-13-33)15-20-29-30-23(34-20)17-6-3-2-4-7-17/h2-9,14,16H,10-13,15H2,1H3/t16-/m0/s1. The summed E-state index contributed by atoms with van der Waals surface area (Å²) >= 11 is 0. The van der Waals surface area contributed by atoms with Crippen LogP contribution in [0.2, 0.25) is 0 Å². The molecule has 1 saturated heterocycles. The maximum absolute atomic E-state index is 13.0. The zero-order valence-corrected chi connectivity index (χ0v) is 18.9. The molecule has 1 fully saturated rings. The van der Waals surface area contributed by atoms with Crippen LogP contribution in [0.15, 0.2) is 63.5 Å². The maximum Gasteiger partial charge on any atom is 0.416 e. The summed E-state index contributed by atoms with van der Waals surface area (Å²) in [5.74, 6) is 1.58. The third kappa shape index (κ3) is 5.25. The van der Waals surface area contributed by atoms with Crippen LogP contribution in [0.4, 0.5) is 13.2 Å². The van der Waals surface area contributed by atoms with Gasteiger partial charge < -0.3 is 8.94 Å². The average molecular weight is 484 g/mol. The monoisotopic (exact) mass is 484 g/mol. The molecular weight excluding hydrogens is 461 g/mol. The number of halogens is 3. The van der Waals surface area contributed by atoms with Crippen LogP contribution in [0.5, 0.6) is 0 Å². The molecule has 1 aliphatic heterocycles. The molecule has 0 spiro atoms. The highest BCUT2D eigenvalue weighted by atomic mass is 19.4. The molecule has 0 unspecified atom stereocenters. The third-order valence-corrected chi connectivity index (χ3v) is 6.05. The molecule has 8 nitrogen and oxygen atoms in total. The first-order valence-corrected chi connectivity index (χ1v) is 11.2. The van der Waals surface area contributed by atoms with Crippen LogP contribution in [-0.2, 0) is 12.7 Å². The molecule has 5 rings (SSSR count). The first-order chi connectivity index (χ1) is 16.9. The Kier molecular flexibility index (Phi) is 6.35. The van der Waals surface area contributed by atoms with E-state index in [1.54, 1.807) is 0 Å². The number of aromatic nitrogens is 4. The number of benzene rings is 2. The van der Waals surface area contributed by atoms with E-state index in [1.807, 2.05) is 37.3 Å². The van der Waals surface area contributed by atoms with Gasteiger partial charge in [-0.05, 0) is 31.2 Å². The second-order valence-electron chi connectivity index (χ2n) is 8.39. The van der Waals surface area contributed by atoms with Gasteiger partial charge >= 0.3 is 6.18 Å². The van der Waals surface area contributed by atoms with Gasteiger partial charge in [-0.25, -0.2) is 0 Å². The van der Waals surface area contributed by atoms with Crippen molar-refractivity contribution in [3.05, 3.63) is 71.9 Å². The normalized spacial score (nSPS) is 16.5. The third-order valence-electron chi connectivity index (χ3n) is 6.05. The van der Waals surface area contributed by atoms with Crippen LogP contribution in [0, 0.1) is 0 Å². The van der Waals surface area contributed by atoms with Gasteiger partial charge in [-0.3, -0.25) is 9.80 Å². The summed E-state index contributed by atoms with van der Waals surface area (Å²) in [5.41, 5.74) is 0.401. The molecule has 4 aromatic rings. The fraction of sp³-hybridized carbons (Fsp3) is 0.333. The number of alkyl halides is 3. The lowest BCUT2D eigenvalue weighted by atomic mass is 10.1. The van der Waals surface area contributed by atoms with Gasteiger partial charge in [-0.15, -0.1) is 10.2 Å². The first kappa shape index (κ1) is 23.2. The molecule has 0 amide bonds. The van der Waals surface area contributed by atoms with Crippen LogP contribution in [0.25, 0.3) is 22.8 Å². The highest BCUT2D eigenvalue weighted by Gasteiger charge is 2.31. The van der Waals surface area contributed by atoms with Crippen LogP contribution in [-0.4, -0.2) is 56.3 Å². The van der Waals surface area contributed by atoms with Gasteiger partial charge in [-0.1, -0.05) is 35.5 Å². The van der Waals surface area contributed by atoms with Crippen molar-refractivity contribution in [2.45, 2.75) is 25.7 Å². The molecule has 11 heteroatoms. The van der Waals surface area contributed by atoms with Gasteiger partial charge in [0.25, 0.3) is 0 Å². The fourth-order valence-corrected chi connectivity index (χ4v) is 4.03. The summed E-state index contributed by atoms with van der Waals surface area (Å²) in [6, 6.07) is 14.4. The lowest BCUT2D eigenvalue weighted by Gasteiger charge is -2.36. The van der Waals surface area contributed by atoms with E-state index < -0.39 is 11.7 Å². The summed E-state index contributed by atoms with van der Waals surface area (Å²) in [5, 5.41) is 12.2. The highest BCUT2D eigenvalue weighted by molar-refractivity contribution is 5.56. The van der Waals surface area contributed by atoms with Gasteiger partial charge in [0.2, 0.25) is 23.5 Å². The average Bonchev–Trinajstić information content (AvgIpc) is 3.55. The van der Waals surface area contributed by atoms with Crippen LogP contribution in [0.3, 0.4) is 0 Å². The molecule has 182 valence electrons. The van der Waals surface area contributed by atoms with Gasteiger partial charge in [0, 0.05) is 37.3 Å². The van der Waals surface area contributed by atoms with Crippen molar-refractivity contribution in [1.82, 2.24) is 30.1 Å². The maximum atomic E-state index is 13.0. The largest absolute Gasteiger partial charge is 0.419 e. The summed E-state index contributed by atoms with van der Waals surface area (Å²) < 4.78 is 50.3. The predicted octanol–water partition coefficient (Wildman–Crippen LogP) is 4.68. The van der Waals surface area contributed by atoms with Gasteiger partial charge in [0.05, 0.1) is 18.2 Å². The van der Waals surface area contributed by atoms with E-state index >= 15 is 0 Å². The molecule has 2 aromatic carbocycles. The van der Waals surface area contributed by atoms with E-state index in [4.69, 9.17) is 8.94 Å². The Labute approximate surface area is 199 Å². The van der Waals surface area contributed by atoms with Crippen molar-refractivity contribution in [1.29, 1.82) is 0 Å². The number of piperazine rings is 1. The SMILES string of the molecule is C[C@@H](c1nc(-c2cccc(C(F)(F)F)c2)no1)N1CCN(Cc2nnc(-c3ccccc3)o2)CC1. The Hall–Kier alpha value is -3.57. The Balaban J connectivity index is 1.18. The molecule has 1 atom stereocenters. The molecular formula is C24H23F3N6O2. The second-order valence-corrected chi connectivity index (χ2v) is 8.39. The van der Waals surface area contributed by atoms with Crippen molar-refractivity contribution < 1.29 is 22.1 Å². The lowest BCUT2D eigenvalue weighted by Crippen LogP contribution is -2.46. The quantitative estimate of drug-likeness (QED) is 0.390. The van der Waals surface area contributed by atoms with E-state index in [9.17, 15) is 13.2 Å². The smallest absolute Gasteiger partial charge is 0.416 e. The molecule has 0 aliphatic carbocycles. The van der Waals surface area contributed by atoms with E-state index in [0.29, 0.717) is 24.2 Å².